The van der Waals surface area contributed by atoms with E-state index in [9.17, 15) is 0 Å². The molecule has 1 heterocycles. The maximum atomic E-state index is 4.47. The molecule has 1 aliphatic rings. The molecule has 0 aliphatic heterocycles. The van der Waals surface area contributed by atoms with E-state index in [0.717, 1.165) is 29.1 Å². The summed E-state index contributed by atoms with van der Waals surface area (Å²) in [5.41, 5.74) is 1.11. The highest BCUT2D eigenvalue weighted by molar-refractivity contribution is 7.09. The van der Waals surface area contributed by atoms with Crippen molar-refractivity contribution in [3.8, 4) is 0 Å². The number of hydrogen-bond donors (Lipinski definition) is 1. The second-order valence-electron chi connectivity index (χ2n) is 4.72. The van der Waals surface area contributed by atoms with Crippen LogP contribution in [-0.2, 0) is 6.54 Å². The van der Waals surface area contributed by atoms with E-state index >= 15 is 0 Å². The van der Waals surface area contributed by atoms with Gasteiger partial charge in [-0.05, 0) is 19.3 Å². The molecule has 1 aliphatic carbocycles. The molecule has 0 radical (unpaired) electrons. The number of aromatic nitrogens is 1. The standard InChI is InChI=1S/C12H20N4S/c1-8-5-11(8)15-12(13-3)16(4)6-10-7-17-9(2)14-10/h7-8,11H,5-6H2,1-4H3,(H,13,15). The van der Waals surface area contributed by atoms with Gasteiger partial charge in [0.1, 0.15) is 0 Å². The van der Waals surface area contributed by atoms with Crippen LogP contribution in [-0.4, -0.2) is 36.0 Å². The van der Waals surface area contributed by atoms with Crippen LogP contribution in [0.3, 0.4) is 0 Å². The summed E-state index contributed by atoms with van der Waals surface area (Å²) in [7, 11) is 3.88. The molecule has 1 fully saturated rings. The minimum Gasteiger partial charge on any atom is -0.353 e. The van der Waals surface area contributed by atoms with Gasteiger partial charge in [-0.3, -0.25) is 4.99 Å². The Labute approximate surface area is 107 Å². The van der Waals surface area contributed by atoms with Gasteiger partial charge < -0.3 is 10.2 Å². The van der Waals surface area contributed by atoms with Crippen molar-refractivity contribution >= 4 is 17.3 Å². The van der Waals surface area contributed by atoms with E-state index in [2.05, 4.69) is 39.5 Å². The molecule has 5 heteroatoms. The van der Waals surface area contributed by atoms with Gasteiger partial charge in [0, 0.05) is 25.5 Å². The maximum Gasteiger partial charge on any atom is 0.193 e. The van der Waals surface area contributed by atoms with Crippen molar-refractivity contribution in [1.82, 2.24) is 15.2 Å². The Morgan fingerprint density at radius 2 is 2.41 bits per heavy atom. The molecular formula is C12H20N4S. The number of thiazole rings is 1. The highest BCUT2D eigenvalue weighted by Gasteiger charge is 2.33. The zero-order valence-electron chi connectivity index (χ0n) is 10.9. The van der Waals surface area contributed by atoms with Gasteiger partial charge in [-0.2, -0.15) is 0 Å². The van der Waals surface area contributed by atoms with E-state index in [1.165, 1.54) is 6.42 Å². The van der Waals surface area contributed by atoms with Crippen LogP contribution in [0.1, 0.15) is 24.0 Å². The summed E-state index contributed by atoms with van der Waals surface area (Å²) in [5.74, 6) is 1.74. The van der Waals surface area contributed by atoms with E-state index in [0.29, 0.717) is 6.04 Å². The predicted octanol–water partition coefficient (Wildman–Crippen LogP) is 1.87. The van der Waals surface area contributed by atoms with Crippen LogP contribution in [0.5, 0.6) is 0 Å². The first-order valence-corrected chi connectivity index (χ1v) is 6.83. The van der Waals surface area contributed by atoms with Gasteiger partial charge in [0.15, 0.2) is 5.96 Å². The first-order valence-electron chi connectivity index (χ1n) is 5.95. The van der Waals surface area contributed by atoms with E-state index in [-0.39, 0.29) is 0 Å². The van der Waals surface area contributed by atoms with Crippen molar-refractivity contribution in [3.63, 3.8) is 0 Å². The van der Waals surface area contributed by atoms with Gasteiger partial charge in [0.05, 0.1) is 17.2 Å². The molecule has 94 valence electrons. The molecule has 2 unspecified atom stereocenters. The monoisotopic (exact) mass is 252 g/mol. The van der Waals surface area contributed by atoms with Crippen LogP contribution >= 0.6 is 11.3 Å². The smallest absolute Gasteiger partial charge is 0.193 e. The highest BCUT2D eigenvalue weighted by Crippen LogP contribution is 2.29. The van der Waals surface area contributed by atoms with Gasteiger partial charge in [-0.25, -0.2) is 4.98 Å². The van der Waals surface area contributed by atoms with Crippen molar-refractivity contribution in [2.24, 2.45) is 10.9 Å². The third-order valence-electron chi connectivity index (χ3n) is 3.06. The normalized spacial score (nSPS) is 23.6. The number of nitrogens with zero attached hydrogens (tertiary/aromatic N) is 3. The number of guanidine groups is 1. The summed E-state index contributed by atoms with van der Waals surface area (Å²) >= 11 is 1.69. The third kappa shape index (κ3) is 3.19. The van der Waals surface area contributed by atoms with Crippen LogP contribution in [0, 0.1) is 12.8 Å². The molecule has 1 aromatic rings. The van der Waals surface area contributed by atoms with E-state index in [1.807, 2.05) is 14.0 Å². The quantitative estimate of drug-likeness (QED) is 0.659. The highest BCUT2D eigenvalue weighted by atomic mass is 32.1. The molecular weight excluding hydrogens is 232 g/mol. The Morgan fingerprint density at radius 1 is 1.71 bits per heavy atom. The van der Waals surface area contributed by atoms with Crippen molar-refractivity contribution < 1.29 is 0 Å². The number of aliphatic imine (C=N–C) groups is 1. The number of nitrogens with one attached hydrogen (secondary N) is 1. The lowest BCUT2D eigenvalue weighted by Gasteiger charge is -2.21. The Kier molecular flexibility index (Phi) is 3.66. The minimum atomic E-state index is 0.605. The second kappa shape index (κ2) is 5.04. The van der Waals surface area contributed by atoms with Gasteiger partial charge >= 0.3 is 0 Å². The Morgan fingerprint density at radius 3 is 2.88 bits per heavy atom. The molecule has 4 nitrogen and oxygen atoms in total. The Hall–Kier alpha value is -1.10. The first-order chi connectivity index (χ1) is 8.10. The summed E-state index contributed by atoms with van der Waals surface area (Å²) < 4.78 is 0. The maximum absolute atomic E-state index is 4.47. The summed E-state index contributed by atoms with van der Waals surface area (Å²) in [6.07, 6.45) is 1.25. The number of rotatable bonds is 3. The zero-order chi connectivity index (χ0) is 12.4. The summed E-state index contributed by atoms with van der Waals surface area (Å²) in [4.78, 5) is 10.9. The van der Waals surface area contributed by atoms with Crippen molar-refractivity contribution in [3.05, 3.63) is 16.1 Å². The lowest BCUT2D eigenvalue weighted by Crippen LogP contribution is -2.40. The molecule has 0 aromatic carbocycles. The molecule has 0 amide bonds. The topological polar surface area (TPSA) is 40.5 Å². The van der Waals surface area contributed by atoms with Crippen LogP contribution in [0.15, 0.2) is 10.4 Å². The fourth-order valence-corrected chi connectivity index (χ4v) is 2.44. The number of hydrogen-bond acceptors (Lipinski definition) is 3. The molecule has 1 saturated carbocycles. The summed E-state index contributed by atoms with van der Waals surface area (Å²) in [5, 5.41) is 6.70. The minimum absolute atomic E-state index is 0.605. The van der Waals surface area contributed by atoms with Crippen molar-refractivity contribution in [1.29, 1.82) is 0 Å². The summed E-state index contributed by atoms with van der Waals surface area (Å²) in [6.45, 7) is 5.10. The molecule has 2 rings (SSSR count). The SMILES string of the molecule is CN=C(NC1CC1C)N(C)Cc1csc(C)n1. The molecule has 0 saturated heterocycles. The van der Waals surface area contributed by atoms with E-state index in [4.69, 9.17) is 0 Å². The third-order valence-corrected chi connectivity index (χ3v) is 3.89. The molecule has 1 aromatic heterocycles. The van der Waals surface area contributed by atoms with Crippen molar-refractivity contribution in [2.45, 2.75) is 32.9 Å². The Bertz CT molecular complexity index is 412. The van der Waals surface area contributed by atoms with Gasteiger partial charge in [0.2, 0.25) is 0 Å². The molecule has 17 heavy (non-hydrogen) atoms. The van der Waals surface area contributed by atoms with Gasteiger partial charge in [-0.1, -0.05) is 6.92 Å². The molecule has 2 atom stereocenters. The second-order valence-corrected chi connectivity index (χ2v) is 5.79. The van der Waals surface area contributed by atoms with Gasteiger partial charge in [0.25, 0.3) is 0 Å². The average Bonchev–Trinajstić information content (AvgIpc) is 2.82. The predicted molar refractivity (Wildman–Crippen MR) is 72.4 cm³/mol. The number of aryl methyl sites for hydroxylation is 1. The van der Waals surface area contributed by atoms with E-state index < -0.39 is 0 Å². The average molecular weight is 252 g/mol. The van der Waals surface area contributed by atoms with Gasteiger partial charge in [-0.15, -0.1) is 11.3 Å². The van der Waals surface area contributed by atoms with Crippen LogP contribution in [0.2, 0.25) is 0 Å². The fraction of sp³-hybridized carbons (Fsp3) is 0.667. The molecule has 0 spiro atoms. The lowest BCUT2D eigenvalue weighted by molar-refractivity contribution is 0.468. The van der Waals surface area contributed by atoms with E-state index in [1.54, 1.807) is 11.3 Å². The van der Waals surface area contributed by atoms with Crippen LogP contribution in [0.25, 0.3) is 0 Å². The molecule has 1 N–H and O–H groups in total. The molecule has 0 bridgehead atoms. The lowest BCUT2D eigenvalue weighted by atomic mass is 10.4. The zero-order valence-corrected chi connectivity index (χ0v) is 11.7. The largest absolute Gasteiger partial charge is 0.353 e. The van der Waals surface area contributed by atoms with Crippen molar-refractivity contribution in [2.75, 3.05) is 14.1 Å². The van der Waals surface area contributed by atoms with Crippen LogP contribution < -0.4 is 5.32 Å². The Balaban J connectivity index is 1.91. The first kappa shape index (κ1) is 12.4. The van der Waals surface area contributed by atoms with Crippen LogP contribution in [0.4, 0.5) is 0 Å². The fourth-order valence-electron chi connectivity index (χ4n) is 1.83. The summed E-state index contributed by atoms with van der Waals surface area (Å²) in [6, 6.07) is 0.605.